The van der Waals surface area contributed by atoms with E-state index >= 15 is 0 Å². The van der Waals surface area contributed by atoms with Gasteiger partial charge in [0, 0.05) is 11.6 Å². The van der Waals surface area contributed by atoms with E-state index in [-0.39, 0.29) is 6.79 Å². The molecule has 0 aromatic heterocycles. The summed E-state index contributed by atoms with van der Waals surface area (Å²) in [5.41, 5.74) is 0.588. The Labute approximate surface area is 91.2 Å². The number of nitrogens with zero attached hydrogens (tertiary/aromatic N) is 1. The van der Waals surface area contributed by atoms with Crippen LogP contribution >= 0.6 is 0 Å². The summed E-state index contributed by atoms with van der Waals surface area (Å²) in [6, 6.07) is 3.35. The maximum absolute atomic E-state index is 10.2. The zero-order valence-corrected chi connectivity index (χ0v) is 8.50. The summed E-state index contributed by atoms with van der Waals surface area (Å²) in [6.45, 7) is 0.0923. The minimum Gasteiger partial charge on any atom is -0.493 e. The number of fused-ring (bicyclic) bond motifs is 1. The molecular formula is C10H9NO5. The van der Waals surface area contributed by atoms with E-state index in [0.29, 0.717) is 22.8 Å². The Morgan fingerprint density at radius 1 is 1.44 bits per heavy atom. The Balaban J connectivity index is 2.41. The predicted molar refractivity (Wildman–Crippen MR) is 55.1 cm³/mol. The van der Waals surface area contributed by atoms with Gasteiger partial charge in [-0.05, 0) is 12.1 Å². The number of methoxy groups -OCH3 is 1. The Morgan fingerprint density at radius 2 is 2.19 bits per heavy atom. The minimum atomic E-state index is -0.535. The van der Waals surface area contributed by atoms with Crippen LogP contribution in [0.5, 0.6) is 17.2 Å². The SMILES string of the molecule is COc1ccc(/C=C/[N+](=O)[O-])c2c1OCO2. The molecule has 0 fully saturated rings. The third-order valence-electron chi connectivity index (χ3n) is 2.11. The lowest BCUT2D eigenvalue weighted by molar-refractivity contribution is -0.400. The molecule has 1 heterocycles. The molecule has 1 aliphatic rings. The van der Waals surface area contributed by atoms with Gasteiger partial charge < -0.3 is 14.2 Å². The summed E-state index contributed by atoms with van der Waals surface area (Å²) in [5, 5.41) is 10.2. The fourth-order valence-corrected chi connectivity index (χ4v) is 1.43. The van der Waals surface area contributed by atoms with Crippen LogP contribution in [0.15, 0.2) is 18.3 Å². The number of ether oxygens (including phenoxy) is 3. The van der Waals surface area contributed by atoms with Crippen molar-refractivity contribution in [1.82, 2.24) is 0 Å². The molecule has 1 aromatic rings. The summed E-state index contributed by atoms with van der Waals surface area (Å²) in [5.74, 6) is 1.50. The van der Waals surface area contributed by atoms with E-state index in [9.17, 15) is 10.1 Å². The van der Waals surface area contributed by atoms with E-state index in [1.54, 1.807) is 12.1 Å². The zero-order chi connectivity index (χ0) is 11.5. The summed E-state index contributed by atoms with van der Waals surface area (Å²) >= 11 is 0. The second kappa shape index (κ2) is 4.09. The first-order valence-corrected chi connectivity index (χ1v) is 4.50. The Bertz CT molecular complexity index is 455. The normalized spacial score (nSPS) is 13.1. The molecule has 1 aromatic carbocycles. The molecule has 84 valence electrons. The second-order valence-corrected chi connectivity index (χ2v) is 3.02. The van der Waals surface area contributed by atoms with Crippen LogP contribution in [-0.4, -0.2) is 18.8 Å². The van der Waals surface area contributed by atoms with E-state index in [1.807, 2.05) is 0 Å². The number of nitro groups is 1. The summed E-state index contributed by atoms with van der Waals surface area (Å²) in [6.07, 6.45) is 2.21. The molecule has 6 heteroatoms. The molecule has 16 heavy (non-hydrogen) atoms. The van der Waals surface area contributed by atoms with Crippen molar-refractivity contribution in [3.63, 3.8) is 0 Å². The van der Waals surface area contributed by atoms with Crippen molar-refractivity contribution >= 4 is 6.08 Å². The van der Waals surface area contributed by atoms with Gasteiger partial charge in [-0.15, -0.1) is 0 Å². The van der Waals surface area contributed by atoms with E-state index in [0.717, 1.165) is 6.20 Å². The molecule has 1 aliphatic heterocycles. The molecule has 2 rings (SSSR count). The van der Waals surface area contributed by atoms with Crippen molar-refractivity contribution in [2.75, 3.05) is 13.9 Å². The van der Waals surface area contributed by atoms with Gasteiger partial charge in [-0.25, -0.2) is 0 Å². The smallest absolute Gasteiger partial charge is 0.235 e. The van der Waals surface area contributed by atoms with Gasteiger partial charge in [0.25, 0.3) is 0 Å². The molecular weight excluding hydrogens is 214 g/mol. The number of hydrogen-bond donors (Lipinski definition) is 0. The van der Waals surface area contributed by atoms with Gasteiger partial charge in [0.1, 0.15) is 0 Å². The summed E-state index contributed by atoms with van der Waals surface area (Å²) < 4.78 is 15.5. The molecule has 0 N–H and O–H groups in total. The molecule has 6 nitrogen and oxygen atoms in total. The highest BCUT2D eigenvalue weighted by Gasteiger charge is 2.21. The number of benzene rings is 1. The van der Waals surface area contributed by atoms with Crippen LogP contribution in [0.4, 0.5) is 0 Å². The Hall–Kier alpha value is -2.24. The zero-order valence-electron chi connectivity index (χ0n) is 8.50. The standard InChI is InChI=1S/C10H9NO5/c1-14-8-3-2-7(4-5-11(12)13)9-10(8)16-6-15-9/h2-5H,6H2,1H3/b5-4+. The van der Waals surface area contributed by atoms with Crippen LogP contribution in [0.25, 0.3) is 6.08 Å². The van der Waals surface area contributed by atoms with Crippen molar-refractivity contribution in [3.05, 3.63) is 34.0 Å². The molecule has 0 bridgehead atoms. The van der Waals surface area contributed by atoms with Gasteiger partial charge in [0.05, 0.1) is 12.0 Å². The summed E-state index contributed by atoms with van der Waals surface area (Å²) in [4.78, 5) is 9.68. The molecule has 0 aliphatic carbocycles. The monoisotopic (exact) mass is 223 g/mol. The average molecular weight is 223 g/mol. The topological polar surface area (TPSA) is 70.8 Å². The molecule has 0 radical (unpaired) electrons. The van der Waals surface area contributed by atoms with E-state index in [1.165, 1.54) is 13.2 Å². The fraction of sp³-hybridized carbons (Fsp3) is 0.200. The maximum Gasteiger partial charge on any atom is 0.235 e. The quantitative estimate of drug-likeness (QED) is 0.575. The van der Waals surface area contributed by atoms with Crippen molar-refractivity contribution in [1.29, 1.82) is 0 Å². The van der Waals surface area contributed by atoms with Gasteiger partial charge in [-0.3, -0.25) is 10.1 Å². The first kappa shape index (κ1) is 10.3. The molecule has 0 saturated carbocycles. The van der Waals surface area contributed by atoms with Gasteiger partial charge in [0.2, 0.25) is 18.7 Å². The molecule has 0 spiro atoms. The largest absolute Gasteiger partial charge is 0.493 e. The highest BCUT2D eigenvalue weighted by molar-refractivity contribution is 5.66. The van der Waals surface area contributed by atoms with E-state index in [4.69, 9.17) is 14.2 Å². The lowest BCUT2D eigenvalue weighted by Gasteiger charge is -2.05. The van der Waals surface area contributed by atoms with Crippen LogP contribution in [-0.2, 0) is 0 Å². The molecule has 0 atom stereocenters. The van der Waals surface area contributed by atoms with Crippen LogP contribution in [0.1, 0.15) is 5.56 Å². The minimum absolute atomic E-state index is 0.0923. The molecule has 0 saturated heterocycles. The number of rotatable bonds is 3. The van der Waals surface area contributed by atoms with Crippen LogP contribution in [0.3, 0.4) is 0 Å². The van der Waals surface area contributed by atoms with Crippen LogP contribution in [0, 0.1) is 10.1 Å². The third-order valence-corrected chi connectivity index (χ3v) is 2.11. The lowest BCUT2D eigenvalue weighted by Crippen LogP contribution is -1.94. The highest BCUT2D eigenvalue weighted by Crippen LogP contribution is 2.43. The number of hydrogen-bond acceptors (Lipinski definition) is 5. The maximum atomic E-state index is 10.2. The fourth-order valence-electron chi connectivity index (χ4n) is 1.43. The predicted octanol–water partition coefficient (Wildman–Crippen LogP) is 1.67. The van der Waals surface area contributed by atoms with Crippen molar-refractivity contribution in [2.24, 2.45) is 0 Å². The van der Waals surface area contributed by atoms with Crippen molar-refractivity contribution in [3.8, 4) is 17.2 Å². The van der Waals surface area contributed by atoms with Crippen LogP contribution in [0.2, 0.25) is 0 Å². The van der Waals surface area contributed by atoms with E-state index in [2.05, 4.69) is 0 Å². The van der Waals surface area contributed by atoms with Crippen molar-refractivity contribution < 1.29 is 19.1 Å². The van der Waals surface area contributed by atoms with Crippen molar-refractivity contribution in [2.45, 2.75) is 0 Å². The first-order valence-electron chi connectivity index (χ1n) is 4.50. The van der Waals surface area contributed by atoms with Gasteiger partial charge in [0.15, 0.2) is 11.5 Å². The Kier molecular flexibility index (Phi) is 2.63. The molecule has 0 amide bonds. The third kappa shape index (κ3) is 1.77. The second-order valence-electron chi connectivity index (χ2n) is 3.02. The van der Waals surface area contributed by atoms with Crippen LogP contribution < -0.4 is 14.2 Å². The average Bonchev–Trinajstić information content (AvgIpc) is 2.74. The Morgan fingerprint density at radius 3 is 2.88 bits per heavy atom. The van der Waals surface area contributed by atoms with Gasteiger partial charge in [-0.1, -0.05) is 0 Å². The van der Waals surface area contributed by atoms with E-state index < -0.39 is 4.92 Å². The molecule has 0 unspecified atom stereocenters. The highest BCUT2D eigenvalue weighted by atomic mass is 16.7. The lowest BCUT2D eigenvalue weighted by atomic mass is 10.1. The first-order chi connectivity index (χ1) is 7.72. The van der Waals surface area contributed by atoms with Gasteiger partial charge in [-0.2, -0.15) is 0 Å². The summed E-state index contributed by atoms with van der Waals surface area (Å²) in [7, 11) is 1.52. The van der Waals surface area contributed by atoms with Gasteiger partial charge >= 0.3 is 0 Å².